The van der Waals surface area contributed by atoms with E-state index in [2.05, 4.69) is 20.2 Å². The van der Waals surface area contributed by atoms with Crippen LogP contribution in [0.25, 0.3) is 0 Å². The summed E-state index contributed by atoms with van der Waals surface area (Å²) in [6.45, 7) is 3.51. The first-order valence-electron chi connectivity index (χ1n) is 9.18. The van der Waals surface area contributed by atoms with Crippen molar-refractivity contribution in [2.45, 2.75) is 32.0 Å². The highest BCUT2D eigenvalue weighted by Gasteiger charge is 2.53. The molecule has 4 rings (SSSR count). The summed E-state index contributed by atoms with van der Waals surface area (Å²) >= 11 is 0. The molecule has 26 heavy (non-hydrogen) atoms. The molecule has 2 aromatic rings. The Bertz CT molecular complexity index is 740. The van der Waals surface area contributed by atoms with E-state index in [1.807, 2.05) is 42.6 Å². The molecule has 2 fully saturated rings. The monoisotopic (exact) mass is 352 g/mol. The first-order chi connectivity index (χ1) is 12.8. The molecule has 0 bridgehead atoms. The first-order valence-corrected chi connectivity index (χ1v) is 9.18. The fourth-order valence-electron chi connectivity index (χ4n) is 4.06. The molecule has 0 spiro atoms. The zero-order valence-corrected chi connectivity index (χ0v) is 14.8. The number of amides is 1. The molecule has 136 valence electrons. The van der Waals surface area contributed by atoms with Gasteiger partial charge in [0.1, 0.15) is 0 Å². The van der Waals surface area contributed by atoms with Gasteiger partial charge >= 0.3 is 0 Å². The third-order valence-electron chi connectivity index (χ3n) is 5.42. The fraction of sp³-hybridized carbons (Fsp3) is 0.450. The van der Waals surface area contributed by atoms with Crippen molar-refractivity contribution >= 4 is 5.91 Å². The van der Waals surface area contributed by atoms with Crippen LogP contribution in [-0.2, 0) is 22.6 Å². The Kier molecular flexibility index (Phi) is 4.95. The van der Waals surface area contributed by atoms with Crippen molar-refractivity contribution in [1.82, 2.24) is 20.2 Å². The normalized spacial score (nSPS) is 25.6. The summed E-state index contributed by atoms with van der Waals surface area (Å²) in [7, 11) is 0. The molecule has 0 unspecified atom stereocenters. The third-order valence-corrected chi connectivity index (χ3v) is 5.42. The molecular formula is C20H24N4O2. The van der Waals surface area contributed by atoms with Crippen molar-refractivity contribution in [1.29, 1.82) is 0 Å². The number of rotatable bonds is 5. The zero-order valence-electron chi connectivity index (χ0n) is 14.8. The van der Waals surface area contributed by atoms with Crippen LogP contribution in [0.15, 0.2) is 48.8 Å². The summed E-state index contributed by atoms with van der Waals surface area (Å²) in [4.78, 5) is 24.1. The summed E-state index contributed by atoms with van der Waals surface area (Å²) in [6.07, 6.45) is 5.21. The van der Waals surface area contributed by atoms with Crippen LogP contribution in [0.5, 0.6) is 0 Å². The SMILES string of the molecule is O=C(NCc1ccccn1)[C@]12CCO[C@H]1CCN(Cc1ccccn1)C2. The maximum absolute atomic E-state index is 13.1. The van der Waals surface area contributed by atoms with E-state index in [1.165, 1.54) is 0 Å². The van der Waals surface area contributed by atoms with E-state index in [0.29, 0.717) is 19.7 Å². The van der Waals surface area contributed by atoms with E-state index in [0.717, 1.165) is 37.3 Å². The largest absolute Gasteiger partial charge is 0.377 e. The van der Waals surface area contributed by atoms with Gasteiger partial charge in [-0.1, -0.05) is 12.1 Å². The van der Waals surface area contributed by atoms with Crippen molar-refractivity contribution in [3.05, 3.63) is 60.2 Å². The van der Waals surface area contributed by atoms with E-state index in [1.54, 1.807) is 6.20 Å². The maximum atomic E-state index is 13.1. The Labute approximate surface area is 153 Å². The number of aromatic nitrogens is 2. The number of pyridine rings is 2. The van der Waals surface area contributed by atoms with Crippen molar-refractivity contribution in [2.75, 3.05) is 19.7 Å². The molecular weight excluding hydrogens is 328 g/mol. The minimum Gasteiger partial charge on any atom is -0.377 e. The Morgan fingerprint density at radius 2 is 1.96 bits per heavy atom. The van der Waals surface area contributed by atoms with Crippen LogP contribution in [0.3, 0.4) is 0 Å². The number of carbonyl (C=O) groups is 1. The predicted octanol–water partition coefficient (Wildman–Crippen LogP) is 1.77. The maximum Gasteiger partial charge on any atom is 0.230 e. The van der Waals surface area contributed by atoms with Gasteiger partial charge < -0.3 is 10.1 Å². The van der Waals surface area contributed by atoms with Gasteiger partial charge in [-0.3, -0.25) is 19.7 Å². The van der Waals surface area contributed by atoms with Gasteiger partial charge in [-0.2, -0.15) is 0 Å². The van der Waals surface area contributed by atoms with Gasteiger partial charge in [-0.25, -0.2) is 0 Å². The number of nitrogens with one attached hydrogen (secondary N) is 1. The molecule has 1 amide bonds. The van der Waals surface area contributed by atoms with Crippen LogP contribution >= 0.6 is 0 Å². The van der Waals surface area contributed by atoms with Gasteiger partial charge in [0.05, 0.1) is 29.5 Å². The molecule has 2 aromatic heterocycles. The summed E-state index contributed by atoms with van der Waals surface area (Å²) in [5.74, 6) is 0.0800. The van der Waals surface area contributed by atoms with E-state index in [-0.39, 0.29) is 12.0 Å². The van der Waals surface area contributed by atoms with Gasteiger partial charge in [0.2, 0.25) is 5.91 Å². The van der Waals surface area contributed by atoms with E-state index >= 15 is 0 Å². The van der Waals surface area contributed by atoms with Crippen molar-refractivity contribution in [2.24, 2.45) is 5.41 Å². The van der Waals surface area contributed by atoms with Gasteiger partial charge in [0, 0.05) is 38.6 Å². The number of hydrogen-bond acceptors (Lipinski definition) is 5. The number of hydrogen-bond donors (Lipinski definition) is 1. The molecule has 6 heteroatoms. The second-order valence-electron chi connectivity index (χ2n) is 7.09. The lowest BCUT2D eigenvalue weighted by molar-refractivity contribution is -0.139. The van der Waals surface area contributed by atoms with E-state index < -0.39 is 5.41 Å². The molecule has 0 aromatic carbocycles. The fourth-order valence-corrected chi connectivity index (χ4v) is 4.06. The number of ether oxygens (including phenoxy) is 1. The number of fused-ring (bicyclic) bond motifs is 1. The molecule has 0 radical (unpaired) electrons. The Balaban J connectivity index is 1.45. The highest BCUT2D eigenvalue weighted by atomic mass is 16.5. The topological polar surface area (TPSA) is 67.3 Å². The quantitative estimate of drug-likeness (QED) is 0.888. The lowest BCUT2D eigenvalue weighted by Crippen LogP contribution is -2.56. The van der Waals surface area contributed by atoms with Crippen molar-refractivity contribution in [3.8, 4) is 0 Å². The van der Waals surface area contributed by atoms with Crippen LogP contribution in [0, 0.1) is 5.41 Å². The Hall–Kier alpha value is -2.31. The summed E-state index contributed by atoms with van der Waals surface area (Å²) in [5.41, 5.74) is 1.43. The lowest BCUT2D eigenvalue weighted by Gasteiger charge is -2.42. The van der Waals surface area contributed by atoms with Crippen LogP contribution in [-0.4, -0.2) is 46.6 Å². The zero-order chi connectivity index (χ0) is 17.8. The van der Waals surface area contributed by atoms with Crippen LogP contribution in [0.1, 0.15) is 24.2 Å². The van der Waals surface area contributed by atoms with Crippen LogP contribution < -0.4 is 5.32 Å². The van der Waals surface area contributed by atoms with E-state index in [9.17, 15) is 4.79 Å². The van der Waals surface area contributed by atoms with Gasteiger partial charge in [0.15, 0.2) is 0 Å². The molecule has 2 atom stereocenters. The van der Waals surface area contributed by atoms with E-state index in [4.69, 9.17) is 4.74 Å². The van der Waals surface area contributed by atoms with Gasteiger partial charge in [-0.15, -0.1) is 0 Å². The number of carbonyl (C=O) groups excluding carboxylic acids is 1. The number of piperidine rings is 1. The minimum absolute atomic E-state index is 0.00575. The standard InChI is InChI=1S/C20H24N4O2/c25-19(23-13-16-5-1-3-9-21-16)20-8-12-26-18(20)7-11-24(15-20)14-17-6-2-4-10-22-17/h1-6,9-10,18H,7-8,11-15H2,(H,23,25)/t18-,20-/m0/s1. The number of nitrogens with zero attached hydrogens (tertiary/aromatic N) is 3. The van der Waals surface area contributed by atoms with Gasteiger partial charge in [0.25, 0.3) is 0 Å². The summed E-state index contributed by atoms with van der Waals surface area (Å²) < 4.78 is 5.91. The smallest absolute Gasteiger partial charge is 0.230 e. The van der Waals surface area contributed by atoms with Gasteiger partial charge in [-0.05, 0) is 37.1 Å². The summed E-state index contributed by atoms with van der Waals surface area (Å²) in [5, 5.41) is 3.09. The second kappa shape index (κ2) is 7.51. The molecule has 0 aliphatic carbocycles. The van der Waals surface area contributed by atoms with Crippen molar-refractivity contribution < 1.29 is 9.53 Å². The highest BCUT2D eigenvalue weighted by Crippen LogP contribution is 2.41. The first kappa shape index (κ1) is 17.1. The molecule has 2 aliphatic heterocycles. The second-order valence-corrected chi connectivity index (χ2v) is 7.09. The Morgan fingerprint density at radius 1 is 1.19 bits per heavy atom. The molecule has 0 saturated carbocycles. The van der Waals surface area contributed by atoms with Crippen LogP contribution in [0.2, 0.25) is 0 Å². The Morgan fingerprint density at radius 3 is 2.69 bits per heavy atom. The minimum atomic E-state index is -0.470. The average molecular weight is 352 g/mol. The highest BCUT2D eigenvalue weighted by molar-refractivity contribution is 5.84. The molecule has 4 heterocycles. The predicted molar refractivity (Wildman–Crippen MR) is 97.0 cm³/mol. The van der Waals surface area contributed by atoms with Crippen molar-refractivity contribution in [3.63, 3.8) is 0 Å². The molecule has 6 nitrogen and oxygen atoms in total. The lowest BCUT2D eigenvalue weighted by atomic mass is 9.75. The number of likely N-dealkylation sites (tertiary alicyclic amines) is 1. The van der Waals surface area contributed by atoms with Crippen LogP contribution in [0.4, 0.5) is 0 Å². The third kappa shape index (κ3) is 3.48. The molecule has 2 saturated heterocycles. The molecule has 1 N–H and O–H groups in total. The molecule has 2 aliphatic rings. The summed E-state index contributed by atoms with van der Waals surface area (Å²) in [6, 6.07) is 11.7. The average Bonchev–Trinajstić information content (AvgIpc) is 3.12.